The Balaban J connectivity index is 0.00000342. The van der Waals surface area contributed by atoms with E-state index in [4.69, 9.17) is 16.3 Å². The predicted molar refractivity (Wildman–Crippen MR) is 150 cm³/mol. The fourth-order valence-electron chi connectivity index (χ4n) is 4.27. The molecule has 1 atom stereocenters. The van der Waals surface area contributed by atoms with Crippen LogP contribution in [0.2, 0.25) is 5.02 Å². The van der Waals surface area contributed by atoms with Gasteiger partial charge >= 0.3 is 0 Å². The number of hydrogen-bond acceptors (Lipinski definition) is 2. The van der Waals surface area contributed by atoms with Crippen LogP contribution >= 0.6 is 24.0 Å². The lowest BCUT2D eigenvalue weighted by atomic mass is 9.88. The third-order valence-corrected chi connectivity index (χ3v) is 6.37. The molecular formula is C31H33Cl2NO. The Morgan fingerprint density at radius 2 is 1.26 bits per heavy atom. The van der Waals surface area contributed by atoms with Crippen molar-refractivity contribution in [2.75, 3.05) is 6.54 Å². The molecule has 0 aliphatic rings. The lowest BCUT2D eigenvalue weighted by molar-refractivity contribution is 0.306. The van der Waals surface area contributed by atoms with Crippen molar-refractivity contribution in [3.05, 3.63) is 136 Å². The minimum atomic E-state index is 0. The summed E-state index contributed by atoms with van der Waals surface area (Å²) >= 11 is 5.94. The Morgan fingerprint density at radius 3 is 1.83 bits per heavy atom. The lowest BCUT2D eigenvalue weighted by Gasteiger charge is -2.20. The molecule has 0 saturated carbocycles. The summed E-state index contributed by atoms with van der Waals surface area (Å²) in [5, 5.41) is 4.47. The van der Waals surface area contributed by atoms with E-state index in [0.717, 1.165) is 35.7 Å². The molecule has 4 aromatic carbocycles. The summed E-state index contributed by atoms with van der Waals surface area (Å²) in [6, 6.07) is 38.2. The number of rotatable bonds is 11. The van der Waals surface area contributed by atoms with Crippen molar-refractivity contribution >= 4 is 24.0 Å². The highest BCUT2D eigenvalue weighted by atomic mass is 35.5. The number of benzene rings is 4. The Labute approximate surface area is 220 Å². The first-order valence-electron chi connectivity index (χ1n) is 12.0. The molecule has 4 aromatic rings. The fraction of sp³-hybridized carbons (Fsp3) is 0.226. The van der Waals surface area contributed by atoms with Gasteiger partial charge in [-0.3, -0.25) is 0 Å². The smallest absolute Gasteiger partial charge is 0.119 e. The van der Waals surface area contributed by atoms with Crippen LogP contribution in [-0.4, -0.2) is 12.6 Å². The Kier molecular flexibility index (Phi) is 10.7. The van der Waals surface area contributed by atoms with Gasteiger partial charge in [-0.1, -0.05) is 96.5 Å². The van der Waals surface area contributed by atoms with Crippen molar-refractivity contribution in [2.45, 2.75) is 38.3 Å². The molecule has 0 spiro atoms. The third kappa shape index (κ3) is 8.43. The van der Waals surface area contributed by atoms with Gasteiger partial charge in [-0.25, -0.2) is 0 Å². The molecule has 4 rings (SSSR count). The van der Waals surface area contributed by atoms with Gasteiger partial charge in [-0.2, -0.15) is 0 Å². The van der Waals surface area contributed by atoms with Crippen LogP contribution in [0.5, 0.6) is 5.75 Å². The lowest BCUT2D eigenvalue weighted by Crippen LogP contribution is -2.30. The van der Waals surface area contributed by atoms with Crippen molar-refractivity contribution in [3.8, 4) is 5.75 Å². The third-order valence-electron chi connectivity index (χ3n) is 6.11. The van der Waals surface area contributed by atoms with E-state index in [-0.39, 0.29) is 12.4 Å². The second-order valence-corrected chi connectivity index (χ2v) is 9.22. The molecule has 0 aromatic heterocycles. The molecule has 4 heteroatoms. The SMILES string of the molecule is CC(Cc1ccc(OCc2ccc(Cl)cc2)cc1)NCCC(c1ccccc1)c1ccccc1.Cl. The van der Waals surface area contributed by atoms with Crippen LogP contribution in [-0.2, 0) is 13.0 Å². The van der Waals surface area contributed by atoms with E-state index in [9.17, 15) is 0 Å². The van der Waals surface area contributed by atoms with Crippen molar-refractivity contribution in [1.29, 1.82) is 0 Å². The normalized spacial score (nSPS) is 11.6. The van der Waals surface area contributed by atoms with Crippen LogP contribution in [0, 0.1) is 0 Å². The summed E-state index contributed by atoms with van der Waals surface area (Å²) in [5.41, 5.74) is 5.16. The minimum Gasteiger partial charge on any atom is -0.489 e. The van der Waals surface area contributed by atoms with Gasteiger partial charge in [0.2, 0.25) is 0 Å². The summed E-state index contributed by atoms with van der Waals surface area (Å²) in [6.45, 7) is 3.77. The van der Waals surface area contributed by atoms with E-state index < -0.39 is 0 Å². The Morgan fingerprint density at radius 1 is 0.714 bits per heavy atom. The molecule has 0 bridgehead atoms. The summed E-state index contributed by atoms with van der Waals surface area (Å²) in [6.07, 6.45) is 2.05. The van der Waals surface area contributed by atoms with Crippen LogP contribution in [0.4, 0.5) is 0 Å². The standard InChI is InChI=1S/C31H32ClNO.ClH/c1-24(22-25-14-18-30(19-15-25)34-23-26-12-16-29(32)17-13-26)33-21-20-31(27-8-4-2-5-9-27)28-10-6-3-7-11-28;/h2-19,24,31,33H,20-23H2,1H3;1H. The van der Waals surface area contributed by atoms with E-state index in [2.05, 4.69) is 97.2 Å². The van der Waals surface area contributed by atoms with E-state index in [1.54, 1.807) is 0 Å². The van der Waals surface area contributed by atoms with Gasteiger partial charge in [0, 0.05) is 17.0 Å². The second kappa shape index (κ2) is 13.9. The van der Waals surface area contributed by atoms with E-state index in [0.29, 0.717) is 18.6 Å². The molecule has 0 aliphatic heterocycles. The maximum absolute atomic E-state index is 5.94. The maximum atomic E-state index is 5.94. The van der Waals surface area contributed by atoms with Gasteiger partial charge in [-0.05, 0) is 72.8 Å². The number of hydrogen-bond donors (Lipinski definition) is 1. The largest absolute Gasteiger partial charge is 0.489 e. The topological polar surface area (TPSA) is 21.3 Å². The molecular weight excluding hydrogens is 473 g/mol. The fourth-order valence-corrected chi connectivity index (χ4v) is 4.39. The summed E-state index contributed by atoms with van der Waals surface area (Å²) in [4.78, 5) is 0. The monoisotopic (exact) mass is 505 g/mol. The van der Waals surface area contributed by atoms with Gasteiger partial charge < -0.3 is 10.1 Å². The highest BCUT2D eigenvalue weighted by molar-refractivity contribution is 6.30. The van der Waals surface area contributed by atoms with Gasteiger partial charge in [0.05, 0.1) is 0 Å². The Hall–Kier alpha value is -2.78. The highest BCUT2D eigenvalue weighted by Crippen LogP contribution is 2.27. The van der Waals surface area contributed by atoms with E-state index in [1.807, 2.05) is 24.3 Å². The molecule has 35 heavy (non-hydrogen) atoms. The first kappa shape index (κ1) is 26.8. The van der Waals surface area contributed by atoms with Crippen LogP contribution in [0.15, 0.2) is 109 Å². The van der Waals surface area contributed by atoms with Crippen molar-refractivity contribution in [1.82, 2.24) is 5.32 Å². The van der Waals surface area contributed by atoms with Crippen LogP contribution < -0.4 is 10.1 Å². The van der Waals surface area contributed by atoms with Gasteiger partial charge in [0.25, 0.3) is 0 Å². The molecule has 2 nitrogen and oxygen atoms in total. The molecule has 0 amide bonds. The summed E-state index contributed by atoms with van der Waals surface area (Å²) in [5.74, 6) is 1.28. The van der Waals surface area contributed by atoms with Crippen molar-refractivity contribution < 1.29 is 4.74 Å². The maximum Gasteiger partial charge on any atom is 0.119 e. The average molecular weight is 507 g/mol. The molecule has 0 fully saturated rings. The zero-order chi connectivity index (χ0) is 23.6. The zero-order valence-electron chi connectivity index (χ0n) is 20.1. The first-order chi connectivity index (χ1) is 16.7. The van der Waals surface area contributed by atoms with Crippen molar-refractivity contribution in [2.24, 2.45) is 0 Å². The molecule has 1 N–H and O–H groups in total. The molecule has 182 valence electrons. The zero-order valence-corrected chi connectivity index (χ0v) is 21.6. The second-order valence-electron chi connectivity index (χ2n) is 8.78. The first-order valence-corrected chi connectivity index (χ1v) is 12.3. The number of nitrogens with one attached hydrogen (secondary N) is 1. The van der Waals surface area contributed by atoms with Crippen LogP contribution in [0.25, 0.3) is 0 Å². The molecule has 0 aliphatic carbocycles. The quantitative estimate of drug-likeness (QED) is 0.222. The highest BCUT2D eigenvalue weighted by Gasteiger charge is 2.14. The predicted octanol–water partition coefficient (Wildman–Crippen LogP) is 8.08. The number of halogens is 2. The minimum absolute atomic E-state index is 0. The summed E-state index contributed by atoms with van der Waals surface area (Å²) < 4.78 is 5.91. The average Bonchev–Trinajstić information content (AvgIpc) is 2.88. The van der Waals surface area contributed by atoms with Gasteiger partial charge in [0.1, 0.15) is 12.4 Å². The number of ether oxygens (including phenoxy) is 1. The molecule has 0 saturated heterocycles. The van der Waals surface area contributed by atoms with Crippen LogP contribution in [0.1, 0.15) is 41.5 Å². The van der Waals surface area contributed by atoms with Crippen LogP contribution in [0.3, 0.4) is 0 Å². The Bertz CT molecular complexity index is 1080. The van der Waals surface area contributed by atoms with Gasteiger partial charge in [-0.15, -0.1) is 12.4 Å². The van der Waals surface area contributed by atoms with E-state index in [1.165, 1.54) is 16.7 Å². The van der Waals surface area contributed by atoms with E-state index >= 15 is 0 Å². The molecule has 1 unspecified atom stereocenters. The molecule has 0 radical (unpaired) electrons. The van der Waals surface area contributed by atoms with Gasteiger partial charge in [0.15, 0.2) is 0 Å². The molecule has 0 heterocycles. The summed E-state index contributed by atoms with van der Waals surface area (Å²) in [7, 11) is 0. The van der Waals surface area contributed by atoms with Crippen molar-refractivity contribution in [3.63, 3.8) is 0 Å².